The molecule has 1 aliphatic heterocycles. The van der Waals surface area contributed by atoms with Crippen LogP contribution < -0.4 is 0 Å². The van der Waals surface area contributed by atoms with Gasteiger partial charge in [0.15, 0.2) is 0 Å². The van der Waals surface area contributed by atoms with Crippen LogP contribution in [0.4, 0.5) is 0 Å². The normalized spacial score (nSPS) is 17.9. The zero-order valence-corrected chi connectivity index (χ0v) is 7.23. The molecule has 0 aromatic heterocycles. The van der Waals surface area contributed by atoms with Crippen molar-refractivity contribution in [2.75, 3.05) is 5.75 Å². The Balaban J connectivity index is 2.86. The zero-order valence-electron chi connectivity index (χ0n) is 6.42. The lowest BCUT2D eigenvalue weighted by Gasteiger charge is -2.12. The van der Waals surface area contributed by atoms with Gasteiger partial charge in [0.2, 0.25) is 0 Å². The number of nitrogens with zero attached hydrogens (tertiary/aromatic N) is 2. The third-order valence-electron chi connectivity index (χ3n) is 1.37. The molecular formula is C7H8N2OS. The predicted molar refractivity (Wildman–Crippen MR) is 44.3 cm³/mol. The smallest absolute Gasteiger partial charge is 0.256 e. The minimum atomic E-state index is -0.600. The second-order valence-electron chi connectivity index (χ2n) is 2.84. The highest BCUT2D eigenvalue weighted by molar-refractivity contribution is 8.15. The summed E-state index contributed by atoms with van der Waals surface area (Å²) in [6.45, 7) is 3.52. The molecule has 4 heteroatoms. The number of carbonyl (C=O) groups is 1. The monoisotopic (exact) mass is 168 g/mol. The molecule has 0 spiro atoms. The van der Waals surface area contributed by atoms with Gasteiger partial charge in [-0.2, -0.15) is 5.26 Å². The number of nitriles is 1. The van der Waals surface area contributed by atoms with Crippen LogP contribution in [0.3, 0.4) is 0 Å². The van der Waals surface area contributed by atoms with Gasteiger partial charge in [-0.1, -0.05) is 11.8 Å². The fraction of sp³-hybridized carbons (Fsp3) is 0.571. The fourth-order valence-electron chi connectivity index (χ4n) is 0.676. The van der Waals surface area contributed by atoms with Crippen LogP contribution in [0, 0.1) is 16.7 Å². The van der Waals surface area contributed by atoms with Gasteiger partial charge >= 0.3 is 0 Å². The van der Waals surface area contributed by atoms with E-state index >= 15 is 0 Å². The summed E-state index contributed by atoms with van der Waals surface area (Å²) in [5.41, 5.74) is -0.600. The van der Waals surface area contributed by atoms with Gasteiger partial charge in [0, 0.05) is 0 Å². The van der Waals surface area contributed by atoms with Crippen molar-refractivity contribution < 1.29 is 4.79 Å². The van der Waals surface area contributed by atoms with Crippen molar-refractivity contribution in [1.82, 2.24) is 0 Å². The second-order valence-corrected chi connectivity index (χ2v) is 3.80. The van der Waals surface area contributed by atoms with Gasteiger partial charge in [-0.15, -0.1) is 0 Å². The molecule has 11 heavy (non-hydrogen) atoms. The lowest BCUT2D eigenvalue weighted by atomic mass is 9.98. The lowest BCUT2D eigenvalue weighted by molar-refractivity contribution is -0.115. The van der Waals surface area contributed by atoms with Gasteiger partial charge in [0.05, 0.1) is 22.3 Å². The number of thioether (sulfide) groups is 1. The molecule has 0 atom stereocenters. The number of hydrogen-bond acceptors (Lipinski definition) is 3. The summed E-state index contributed by atoms with van der Waals surface area (Å²) >= 11 is 1.36. The Labute approximate surface area is 69.5 Å². The van der Waals surface area contributed by atoms with Crippen molar-refractivity contribution in [1.29, 1.82) is 5.26 Å². The van der Waals surface area contributed by atoms with E-state index < -0.39 is 5.41 Å². The maximum absolute atomic E-state index is 10.7. The average Bonchev–Trinajstić information content (AvgIpc) is 2.36. The summed E-state index contributed by atoms with van der Waals surface area (Å²) in [7, 11) is 0. The van der Waals surface area contributed by atoms with Crippen LogP contribution in [0.5, 0.6) is 0 Å². The first kappa shape index (κ1) is 8.28. The topological polar surface area (TPSA) is 53.2 Å². The molecule has 1 heterocycles. The molecule has 0 radical (unpaired) electrons. The summed E-state index contributed by atoms with van der Waals surface area (Å²) in [6.07, 6.45) is 0. The van der Waals surface area contributed by atoms with Gasteiger partial charge in [-0.25, -0.2) is 4.99 Å². The minimum absolute atomic E-state index is 0.131. The van der Waals surface area contributed by atoms with E-state index in [1.54, 1.807) is 13.8 Å². The second kappa shape index (κ2) is 2.67. The third kappa shape index (κ3) is 1.60. The van der Waals surface area contributed by atoms with E-state index in [0.29, 0.717) is 10.8 Å². The molecule has 58 valence electrons. The van der Waals surface area contributed by atoms with Crippen molar-refractivity contribution in [3.05, 3.63) is 0 Å². The van der Waals surface area contributed by atoms with E-state index in [1.165, 1.54) is 11.8 Å². The van der Waals surface area contributed by atoms with Gasteiger partial charge in [-0.05, 0) is 13.8 Å². The van der Waals surface area contributed by atoms with Crippen LogP contribution in [-0.2, 0) is 4.79 Å². The SMILES string of the molecule is CC(C)(C#N)C1=NC(=O)CS1. The van der Waals surface area contributed by atoms with E-state index in [-0.39, 0.29) is 5.91 Å². The Morgan fingerprint density at radius 1 is 1.73 bits per heavy atom. The summed E-state index contributed by atoms with van der Waals surface area (Å²) < 4.78 is 0. The number of amides is 1. The molecule has 0 aromatic carbocycles. The average molecular weight is 168 g/mol. The van der Waals surface area contributed by atoms with Gasteiger partial charge < -0.3 is 0 Å². The first-order chi connectivity index (χ1) is 5.06. The first-order valence-corrected chi connectivity index (χ1v) is 4.21. The number of hydrogen-bond donors (Lipinski definition) is 0. The maximum Gasteiger partial charge on any atom is 0.256 e. The maximum atomic E-state index is 10.7. The highest BCUT2D eigenvalue weighted by Crippen LogP contribution is 2.28. The van der Waals surface area contributed by atoms with Crippen molar-refractivity contribution in [3.8, 4) is 6.07 Å². The van der Waals surface area contributed by atoms with Crippen molar-refractivity contribution in [2.45, 2.75) is 13.8 Å². The van der Waals surface area contributed by atoms with E-state index in [9.17, 15) is 4.79 Å². The van der Waals surface area contributed by atoms with E-state index in [1.807, 2.05) is 0 Å². The van der Waals surface area contributed by atoms with Gasteiger partial charge in [0.1, 0.15) is 0 Å². The Bertz CT molecular complexity index is 262. The summed E-state index contributed by atoms with van der Waals surface area (Å²) in [5.74, 6) is 0.258. The Kier molecular flexibility index (Phi) is 2.01. The molecule has 0 aromatic rings. The quantitative estimate of drug-likeness (QED) is 0.591. The molecule has 0 saturated heterocycles. The molecule has 0 N–H and O–H groups in total. The highest BCUT2D eigenvalue weighted by Gasteiger charge is 2.30. The molecule has 1 rings (SSSR count). The number of carbonyl (C=O) groups excluding carboxylic acids is 1. The standard InChI is InChI=1S/C7H8N2OS/c1-7(2,4-8)6-9-5(10)3-11-6/h3H2,1-2H3. The minimum Gasteiger partial charge on any atom is -0.272 e. The molecule has 1 amide bonds. The van der Waals surface area contributed by atoms with E-state index in [4.69, 9.17) is 5.26 Å². The van der Waals surface area contributed by atoms with Gasteiger partial charge in [0.25, 0.3) is 5.91 Å². The molecule has 0 bridgehead atoms. The van der Waals surface area contributed by atoms with Crippen LogP contribution >= 0.6 is 11.8 Å². The summed E-state index contributed by atoms with van der Waals surface area (Å²) in [4.78, 5) is 14.4. The molecular weight excluding hydrogens is 160 g/mol. The zero-order chi connectivity index (χ0) is 8.48. The van der Waals surface area contributed by atoms with E-state index in [0.717, 1.165) is 0 Å². The lowest BCUT2D eigenvalue weighted by Crippen LogP contribution is -2.17. The summed E-state index contributed by atoms with van der Waals surface area (Å²) in [6, 6.07) is 2.10. The Morgan fingerprint density at radius 2 is 2.36 bits per heavy atom. The van der Waals surface area contributed by atoms with Crippen molar-refractivity contribution >= 4 is 22.7 Å². The molecule has 0 fully saturated rings. The predicted octanol–water partition coefficient (Wildman–Crippen LogP) is 1.21. The number of aliphatic imine (C=N–C) groups is 1. The molecule has 3 nitrogen and oxygen atoms in total. The molecule has 1 aliphatic rings. The molecule has 0 unspecified atom stereocenters. The molecule has 0 aliphatic carbocycles. The Morgan fingerprint density at radius 3 is 2.73 bits per heavy atom. The van der Waals surface area contributed by atoms with Crippen molar-refractivity contribution in [2.24, 2.45) is 10.4 Å². The van der Waals surface area contributed by atoms with Crippen LogP contribution in [0.25, 0.3) is 0 Å². The molecule has 0 saturated carbocycles. The van der Waals surface area contributed by atoms with Crippen LogP contribution in [0.2, 0.25) is 0 Å². The first-order valence-electron chi connectivity index (χ1n) is 3.22. The number of rotatable bonds is 1. The summed E-state index contributed by atoms with van der Waals surface area (Å²) in [5, 5.41) is 9.33. The van der Waals surface area contributed by atoms with Crippen LogP contribution in [0.1, 0.15) is 13.8 Å². The Hall–Kier alpha value is -0.820. The van der Waals surface area contributed by atoms with Crippen LogP contribution in [0.15, 0.2) is 4.99 Å². The fourth-order valence-corrected chi connectivity index (χ4v) is 1.57. The third-order valence-corrected chi connectivity index (χ3v) is 2.64. The van der Waals surface area contributed by atoms with E-state index in [2.05, 4.69) is 11.1 Å². The van der Waals surface area contributed by atoms with Crippen LogP contribution in [-0.4, -0.2) is 16.7 Å². The van der Waals surface area contributed by atoms with Crippen molar-refractivity contribution in [3.63, 3.8) is 0 Å². The highest BCUT2D eigenvalue weighted by atomic mass is 32.2. The largest absolute Gasteiger partial charge is 0.272 e. The van der Waals surface area contributed by atoms with Gasteiger partial charge in [-0.3, -0.25) is 4.79 Å².